The molecule has 0 aliphatic heterocycles. The van der Waals surface area contributed by atoms with E-state index in [1.54, 1.807) is 12.1 Å². The predicted molar refractivity (Wildman–Crippen MR) is 106 cm³/mol. The first-order valence-electron chi connectivity index (χ1n) is 8.84. The summed E-state index contributed by atoms with van der Waals surface area (Å²) in [6, 6.07) is 14.1. The van der Waals surface area contributed by atoms with Gasteiger partial charge in [0.05, 0.1) is 6.54 Å². The van der Waals surface area contributed by atoms with E-state index < -0.39 is 29.9 Å². The van der Waals surface area contributed by atoms with Gasteiger partial charge in [0.15, 0.2) is 0 Å². The Balaban J connectivity index is 1.84. The number of carboxylic acid groups (broad SMARTS) is 1. The van der Waals surface area contributed by atoms with Crippen molar-refractivity contribution < 1.29 is 24.3 Å². The van der Waals surface area contributed by atoms with Crippen LogP contribution in [-0.2, 0) is 16.1 Å². The van der Waals surface area contributed by atoms with Crippen LogP contribution in [0.3, 0.4) is 0 Å². The van der Waals surface area contributed by atoms with Crippen molar-refractivity contribution in [2.45, 2.75) is 19.5 Å². The number of aliphatic carboxylic acids is 1. The summed E-state index contributed by atoms with van der Waals surface area (Å²) in [6.07, 6.45) is 0. The zero-order chi connectivity index (χ0) is 21.2. The third-order valence-corrected chi connectivity index (χ3v) is 3.84. The van der Waals surface area contributed by atoms with E-state index in [1.165, 1.54) is 19.1 Å². The fraction of sp³-hybridized carbons (Fsp3) is 0.200. The Morgan fingerprint density at radius 3 is 2.38 bits per heavy atom. The number of urea groups is 1. The Bertz CT molecular complexity index is 885. The molecular formula is C20H22N4O5. The van der Waals surface area contributed by atoms with Crippen LogP contribution >= 0.6 is 0 Å². The van der Waals surface area contributed by atoms with Crippen LogP contribution in [0.5, 0.6) is 0 Å². The molecule has 0 saturated heterocycles. The Morgan fingerprint density at radius 2 is 1.69 bits per heavy atom. The number of nitrogens with one attached hydrogen (secondary N) is 4. The number of carbonyl (C=O) groups is 4. The van der Waals surface area contributed by atoms with E-state index in [9.17, 15) is 19.2 Å². The second-order valence-corrected chi connectivity index (χ2v) is 6.18. The molecule has 0 radical (unpaired) electrons. The summed E-state index contributed by atoms with van der Waals surface area (Å²) in [7, 11) is 0. The van der Waals surface area contributed by atoms with Gasteiger partial charge in [-0.15, -0.1) is 0 Å². The van der Waals surface area contributed by atoms with Gasteiger partial charge in [-0.25, -0.2) is 4.79 Å². The number of anilines is 1. The van der Waals surface area contributed by atoms with Gasteiger partial charge in [0, 0.05) is 17.8 Å². The fourth-order valence-corrected chi connectivity index (χ4v) is 2.31. The second kappa shape index (κ2) is 10.5. The van der Waals surface area contributed by atoms with Crippen LogP contribution < -0.4 is 21.3 Å². The van der Waals surface area contributed by atoms with E-state index >= 15 is 0 Å². The molecule has 2 aromatic rings. The van der Waals surface area contributed by atoms with E-state index in [0.717, 1.165) is 5.56 Å². The summed E-state index contributed by atoms with van der Waals surface area (Å²) in [5.74, 6) is -2.33. The average Bonchev–Trinajstić information content (AvgIpc) is 2.71. The Kier molecular flexibility index (Phi) is 7.72. The molecule has 4 amide bonds. The molecule has 152 valence electrons. The van der Waals surface area contributed by atoms with E-state index in [1.807, 2.05) is 30.3 Å². The van der Waals surface area contributed by atoms with Crippen molar-refractivity contribution in [2.75, 3.05) is 11.9 Å². The molecule has 2 aromatic carbocycles. The minimum atomic E-state index is -1.17. The molecule has 0 heterocycles. The molecule has 9 heteroatoms. The maximum absolute atomic E-state index is 12.2. The molecular weight excluding hydrogens is 376 g/mol. The smallest absolute Gasteiger partial charge is 0.325 e. The molecule has 1 atom stereocenters. The highest BCUT2D eigenvalue weighted by molar-refractivity contribution is 5.98. The lowest BCUT2D eigenvalue weighted by Gasteiger charge is -2.11. The molecule has 0 spiro atoms. The maximum atomic E-state index is 12.2. The maximum Gasteiger partial charge on any atom is 0.325 e. The van der Waals surface area contributed by atoms with Gasteiger partial charge in [0.1, 0.15) is 6.04 Å². The van der Waals surface area contributed by atoms with Gasteiger partial charge in [-0.3, -0.25) is 14.4 Å². The molecule has 0 bridgehead atoms. The Hall–Kier alpha value is -3.88. The standard InChI is InChI=1S/C20H22N4O5/c1-13(19(27)28)23-17(25)12-21-18(26)15-8-5-9-16(10-15)24-20(29)22-11-14-6-3-2-4-7-14/h2-10,13H,11-12H2,1H3,(H,21,26)(H,23,25)(H,27,28)(H2,22,24,29)/t13-/m0/s1. The fourth-order valence-electron chi connectivity index (χ4n) is 2.31. The van der Waals surface area contributed by atoms with Gasteiger partial charge >= 0.3 is 12.0 Å². The van der Waals surface area contributed by atoms with Gasteiger partial charge < -0.3 is 26.4 Å². The molecule has 0 aliphatic rings. The molecule has 0 saturated carbocycles. The minimum absolute atomic E-state index is 0.241. The van der Waals surface area contributed by atoms with Crippen LogP contribution in [0.2, 0.25) is 0 Å². The highest BCUT2D eigenvalue weighted by Crippen LogP contribution is 2.10. The zero-order valence-corrected chi connectivity index (χ0v) is 15.8. The predicted octanol–water partition coefficient (Wildman–Crippen LogP) is 1.33. The van der Waals surface area contributed by atoms with Crippen molar-refractivity contribution in [1.29, 1.82) is 0 Å². The van der Waals surface area contributed by atoms with Crippen molar-refractivity contribution >= 4 is 29.5 Å². The van der Waals surface area contributed by atoms with Crippen LogP contribution in [0.1, 0.15) is 22.8 Å². The monoisotopic (exact) mass is 398 g/mol. The van der Waals surface area contributed by atoms with E-state index in [-0.39, 0.29) is 12.1 Å². The van der Waals surface area contributed by atoms with E-state index in [0.29, 0.717) is 12.2 Å². The van der Waals surface area contributed by atoms with Gasteiger partial charge in [-0.05, 0) is 30.7 Å². The van der Waals surface area contributed by atoms with Gasteiger partial charge in [0.2, 0.25) is 5.91 Å². The van der Waals surface area contributed by atoms with Crippen LogP contribution in [0, 0.1) is 0 Å². The summed E-state index contributed by atoms with van der Waals surface area (Å²) in [4.78, 5) is 46.5. The first kappa shape index (κ1) is 21.4. The van der Waals surface area contributed by atoms with Crippen LogP contribution in [-0.4, -0.2) is 41.5 Å². The summed E-state index contributed by atoms with van der Waals surface area (Å²) in [6.45, 7) is 1.31. The van der Waals surface area contributed by atoms with Gasteiger partial charge in [-0.2, -0.15) is 0 Å². The second-order valence-electron chi connectivity index (χ2n) is 6.18. The topological polar surface area (TPSA) is 137 Å². The van der Waals surface area contributed by atoms with Crippen molar-refractivity contribution in [3.63, 3.8) is 0 Å². The minimum Gasteiger partial charge on any atom is -0.480 e. The Labute approximate surface area is 167 Å². The number of hydrogen-bond donors (Lipinski definition) is 5. The van der Waals surface area contributed by atoms with E-state index in [2.05, 4.69) is 21.3 Å². The first-order chi connectivity index (χ1) is 13.8. The number of rotatable bonds is 8. The molecule has 0 fully saturated rings. The molecule has 0 aliphatic carbocycles. The van der Waals surface area contributed by atoms with Gasteiger partial charge in [-0.1, -0.05) is 36.4 Å². The highest BCUT2D eigenvalue weighted by atomic mass is 16.4. The molecule has 0 aromatic heterocycles. The average molecular weight is 398 g/mol. The third kappa shape index (κ3) is 7.33. The molecule has 2 rings (SSSR count). The van der Waals surface area contributed by atoms with Crippen molar-refractivity contribution in [3.05, 3.63) is 65.7 Å². The lowest BCUT2D eigenvalue weighted by molar-refractivity contribution is -0.141. The summed E-state index contributed by atoms with van der Waals surface area (Å²) in [5.41, 5.74) is 1.60. The molecule has 9 nitrogen and oxygen atoms in total. The SMILES string of the molecule is C[C@H](NC(=O)CNC(=O)c1cccc(NC(=O)NCc2ccccc2)c1)C(=O)O. The highest BCUT2D eigenvalue weighted by Gasteiger charge is 2.15. The summed E-state index contributed by atoms with van der Waals surface area (Å²) < 4.78 is 0. The molecule has 0 unspecified atom stereocenters. The summed E-state index contributed by atoms with van der Waals surface area (Å²) >= 11 is 0. The number of carboxylic acids is 1. The molecule has 29 heavy (non-hydrogen) atoms. The van der Waals surface area contributed by atoms with Crippen LogP contribution in [0.25, 0.3) is 0 Å². The lowest BCUT2D eigenvalue weighted by atomic mass is 10.2. The van der Waals surface area contributed by atoms with E-state index in [4.69, 9.17) is 5.11 Å². The first-order valence-corrected chi connectivity index (χ1v) is 8.84. The summed E-state index contributed by atoms with van der Waals surface area (Å²) in [5, 5.41) is 18.7. The van der Waals surface area contributed by atoms with Crippen LogP contribution in [0.15, 0.2) is 54.6 Å². The quantitative estimate of drug-likeness (QED) is 0.457. The number of benzene rings is 2. The number of carbonyl (C=O) groups excluding carboxylic acids is 3. The van der Waals surface area contributed by atoms with Crippen LogP contribution in [0.4, 0.5) is 10.5 Å². The van der Waals surface area contributed by atoms with Crippen molar-refractivity contribution in [1.82, 2.24) is 16.0 Å². The number of hydrogen-bond acceptors (Lipinski definition) is 4. The normalized spacial score (nSPS) is 11.1. The van der Waals surface area contributed by atoms with Crippen molar-refractivity contribution in [3.8, 4) is 0 Å². The zero-order valence-electron chi connectivity index (χ0n) is 15.8. The van der Waals surface area contributed by atoms with Crippen molar-refractivity contribution in [2.24, 2.45) is 0 Å². The Morgan fingerprint density at radius 1 is 0.966 bits per heavy atom. The third-order valence-electron chi connectivity index (χ3n) is 3.84. The van der Waals surface area contributed by atoms with Gasteiger partial charge in [0.25, 0.3) is 5.91 Å². The molecule has 5 N–H and O–H groups in total. The number of amides is 4. The lowest BCUT2D eigenvalue weighted by Crippen LogP contribution is -2.44. The largest absolute Gasteiger partial charge is 0.480 e.